The van der Waals surface area contributed by atoms with E-state index in [2.05, 4.69) is 14.9 Å². The second kappa shape index (κ2) is 5.53. The second-order valence-electron chi connectivity index (χ2n) is 5.54. The molecule has 0 saturated carbocycles. The van der Waals surface area contributed by atoms with Gasteiger partial charge in [-0.05, 0) is 25.7 Å². The number of aliphatic hydroxyl groups excluding tert-OH is 1. The maximum atomic E-state index is 10.2. The first kappa shape index (κ1) is 13.0. The second-order valence-corrected chi connectivity index (χ2v) is 5.54. The van der Waals surface area contributed by atoms with E-state index in [0.717, 1.165) is 57.6 Å². The maximum absolute atomic E-state index is 10.2. The molecule has 0 radical (unpaired) electrons. The minimum atomic E-state index is -0.292. The lowest BCUT2D eigenvalue weighted by Gasteiger charge is -2.46. The third kappa shape index (κ3) is 2.78. The van der Waals surface area contributed by atoms with E-state index in [1.54, 1.807) is 12.4 Å². The monoisotopic (exact) mass is 263 g/mol. The van der Waals surface area contributed by atoms with Crippen LogP contribution in [0.15, 0.2) is 18.6 Å². The highest BCUT2D eigenvalue weighted by Crippen LogP contribution is 2.35. The summed E-state index contributed by atoms with van der Waals surface area (Å²) >= 11 is 0. The highest BCUT2D eigenvalue weighted by atomic mass is 16.5. The molecule has 1 atom stereocenters. The topological polar surface area (TPSA) is 58.5 Å². The van der Waals surface area contributed by atoms with Gasteiger partial charge in [-0.15, -0.1) is 0 Å². The van der Waals surface area contributed by atoms with Gasteiger partial charge in [-0.3, -0.25) is 14.9 Å². The van der Waals surface area contributed by atoms with Gasteiger partial charge in [-0.2, -0.15) is 0 Å². The summed E-state index contributed by atoms with van der Waals surface area (Å²) in [5.41, 5.74) is 0.723. The molecular formula is C14H21N3O2. The van der Waals surface area contributed by atoms with Crippen molar-refractivity contribution >= 4 is 0 Å². The summed E-state index contributed by atoms with van der Waals surface area (Å²) in [4.78, 5) is 10.8. The average Bonchev–Trinajstić information content (AvgIpc) is 2.46. The fraction of sp³-hybridized carbons (Fsp3) is 0.714. The maximum Gasteiger partial charge on any atom is 0.0964 e. The van der Waals surface area contributed by atoms with Crippen molar-refractivity contribution in [1.29, 1.82) is 0 Å². The van der Waals surface area contributed by atoms with Crippen LogP contribution in [0.3, 0.4) is 0 Å². The van der Waals surface area contributed by atoms with Crippen LogP contribution in [0.1, 0.15) is 31.4 Å². The zero-order valence-corrected chi connectivity index (χ0v) is 11.2. The van der Waals surface area contributed by atoms with Crippen LogP contribution >= 0.6 is 0 Å². The highest BCUT2D eigenvalue weighted by Gasteiger charge is 2.43. The van der Waals surface area contributed by atoms with Crippen molar-refractivity contribution in [3.63, 3.8) is 0 Å². The summed E-state index contributed by atoms with van der Waals surface area (Å²) in [5, 5.41) is 10.2. The molecule has 5 nitrogen and oxygen atoms in total. The molecule has 1 spiro atoms. The molecule has 0 aliphatic carbocycles. The number of rotatable bonds is 2. The third-order valence-electron chi connectivity index (χ3n) is 4.32. The minimum Gasteiger partial charge on any atom is -0.390 e. The molecule has 104 valence electrons. The van der Waals surface area contributed by atoms with Crippen LogP contribution in [0, 0.1) is 0 Å². The van der Waals surface area contributed by atoms with Gasteiger partial charge in [0.15, 0.2) is 0 Å². The number of likely N-dealkylation sites (tertiary alicyclic amines) is 1. The predicted molar refractivity (Wildman–Crippen MR) is 70.5 cm³/mol. The minimum absolute atomic E-state index is 0.281. The Morgan fingerprint density at radius 1 is 1.37 bits per heavy atom. The number of aliphatic hydroxyl groups is 1. The molecule has 1 aromatic heterocycles. The number of nitrogens with zero attached hydrogens (tertiary/aromatic N) is 3. The molecule has 2 aliphatic rings. The first-order valence-corrected chi connectivity index (χ1v) is 7.08. The summed E-state index contributed by atoms with van der Waals surface area (Å²) in [6, 6.07) is 0. The van der Waals surface area contributed by atoms with E-state index in [-0.39, 0.29) is 11.7 Å². The Labute approximate surface area is 113 Å². The van der Waals surface area contributed by atoms with E-state index in [9.17, 15) is 5.11 Å². The van der Waals surface area contributed by atoms with E-state index < -0.39 is 0 Å². The molecule has 1 unspecified atom stereocenters. The smallest absolute Gasteiger partial charge is 0.0964 e. The summed E-state index contributed by atoms with van der Waals surface area (Å²) in [6.45, 7) is 3.53. The lowest BCUT2D eigenvalue weighted by molar-refractivity contribution is -0.177. The Morgan fingerprint density at radius 2 is 2.21 bits per heavy atom. The van der Waals surface area contributed by atoms with Crippen molar-refractivity contribution in [1.82, 2.24) is 14.9 Å². The van der Waals surface area contributed by atoms with E-state index in [0.29, 0.717) is 0 Å². The quantitative estimate of drug-likeness (QED) is 0.862. The third-order valence-corrected chi connectivity index (χ3v) is 4.32. The molecule has 1 aromatic rings. The van der Waals surface area contributed by atoms with Crippen molar-refractivity contribution in [2.75, 3.05) is 19.7 Å². The van der Waals surface area contributed by atoms with Crippen molar-refractivity contribution < 1.29 is 9.84 Å². The summed E-state index contributed by atoms with van der Waals surface area (Å²) in [5.74, 6) is 0. The zero-order chi connectivity index (χ0) is 13.1. The van der Waals surface area contributed by atoms with Gasteiger partial charge in [0.1, 0.15) is 0 Å². The van der Waals surface area contributed by atoms with Gasteiger partial charge < -0.3 is 9.84 Å². The SMILES string of the molecule is OC1CCCOC12CCN(Cc1cnccn1)CC2. The van der Waals surface area contributed by atoms with E-state index in [4.69, 9.17) is 4.74 Å². The molecule has 3 rings (SSSR count). The van der Waals surface area contributed by atoms with Crippen LogP contribution in [0.4, 0.5) is 0 Å². The van der Waals surface area contributed by atoms with Gasteiger partial charge in [0.2, 0.25) is 0 Å². The number of aromatic nitrogens is 2. The number of piperidine rings is 1. The molecule has 0 aromatic carbocycles. The Balaban J connectivity index is 1.57. The molecule has 0 bridgehead atoms. The first-order valence-electron chi connectivity index (χ1n) is 7.08. The molecule has 19 heavy (non-hydrogen) atoms. The lowest BCUT2D eigenvalue weighted by atomic mass is 9.82. The molecular weight excluding hydrogens is 242 g/mol. The van der Waals surface area contributed by atoms with Gasteiger partial charge in [-0.1, -0.05) is 0 Å². The largest absolute Gasteiger partial charge is 0.390 e. The fourth-order valence-corrected chi connectivity index (χ4v) is 3.12. The fourth-order valence-electron chi connectivity index (χ4n) is 3.12. The van der Waals surface area contributed by atoms with E-state index in [1.165, 1.54) is 0 Å². The van der Waals surface area contributed by atoms with Crippen LogP contribution in [-0.2, 0) is 11.3 Å². The average molecular weight is 263 g/mol. The van der Waals surface area contributed by atoms with Gasteiger partial charge in [0.05, 0.1) is 17.4 Å². The van der Waals surface area contributed by atoms with E-state index >= 15 is 0 Å². The zero-order valence-electron chi connectivity index (χ0n) is 11.2. The molecule has 1 N–H and O–H groups in total. The Hall–Kier alpha value is -1.04. The standard InChI is InChI=1S/C14H21N3O2/c18-13-2-1-9-19-14(13)3-7-17(8-4-14)11-12-10-15-5-6-16-12/h5-6,10,13,18H,1-4,7-9,11H2. The summed E-state index contributed by atoms with van der Waals surface area (Å²) in [7, 11) is 0. The Bertz CT molecular complexity index is 404. The van der Waals surface area contributed by atoms with Crippen LogP contribution in [-0.4, -0.2) is 51.4 Å². The van der Waals surface area contributed by atoms with E-state index in [1.807, 2.05) is 6.20 Å². The van der Waals surface area contributed by atoms with Gasteiger partial charge in [0.25, 0.3) is 0 Å². The molecule has 0 amide bonds. The lowest BCUT2D eigenvalue weighted by Crippen LogP contribution is -2.55. The Morgan fingerprint density at radius 3 is 2.89 bits per heavy atom. The molecule has 2 aliphatic heterocycles. The number of ether oxygens (including phenoxy) is 1. The van der Waals surface area contributed by atoms with Crippen LogP contribution in [0.25, 0.3) is 0 Å². The summed E-state index contributed by atoms with van der Waals surface area (Å²) < 4.78 is 5.91. The van der Waals surface area contributed by atoms with Crippen molar-refractivity contribution in [2.24, 2.45) is 0 Å². The van der Waals surface area contributed by atoms with Crippen LogP contribution < -0.4 is 0 Å². The molecule has 2 saturated heterocycles. The molecule has 3 heterocycles. The predicted octanol–water partition coefficient (Wildman–Crippen LogP) is 0.982. The van der Waals surface area contributed by atoms with Crippen molar-refractivity contribution in [2.45, 2.75) is 43.9 Å². The van der Waals surface area contributed by atoms with Gasteiger partial charge in [0, 0.05) is 44.8 Å². The summed E-state index contributed by atoms with van der Waals surface area (Å²) in [6.07, 6.45) is 8.63. The van der Waals surface area contributed by atoms with Crippen molar-refractivity contribution in [3.8, 4) is 0 Å². The van der Waals surface area contributed by atoms with Gasteiger partial charge in [-0.25, -0.2) is 0 Å². The normalized spacial score (nSPS) is 27.5. The Kier molecular flexibility index (Phi) is 3.77. The van der Waals surface area contributed by atoms with Crippen molar-refractivity contribution in [3.05, 3.63) is 24.3 Å². The molecule has 2 fully saturated rings. The van der Waals surface area contributed by atoms with Gasteiger partial charge >= 0.3 is 0 Å². The highest BCUT2D eigenvalue weighted by molar-refractivity contribution is 4.99. The first-order chi connectivity index (χ1) is 9.28. The number of hydrogen-bond donors (Lipinski definition) is 1. The molecule has 5 heteroatoms. The van der Waals surface area contributed by atoms with Crippen LogP contribution in [0.5, 0.6) is 0 Å². The van der Waals surface area contributed by atoms with Crippen LogP contribution in [0.2, 0.25) is 0 Å². The number of hydrogen-bond acceptors (Lipinski definition) is 5.